The molecule has 2 heterocycles. The number of nitrogens with zero attached hydrogens (tertiary/aromatic N) is 3. The van der Waals surface area contributed by atoms with E-state index in [1.807, 2.05) is 18.3 Å². The maximum absolute atomic E-state index is 6.24. The number of benzene rings is 3. The predicted molar refractivity (Wildman–Crippen MR) is 139 cm³/mol. The zero-order chi connectivity index (χ0) is 23.0. The zero-order valence-electron chi connectivity index (χ0n) is 18.7. The average molecular weight is 645 g/mol. The first-order valence-corrected chi connectivity index (χ1v) is 13.8. The van der Waals surface area contributed by atoms with Gasteiger partial charge in [-0.15, -0.1) is 0 Å². The molecule has 163 valence electrons. The van der Waals surface area contributed by atoms with E-state index < -0.39 is 0 Å². The third-order valence-corrected chi connectivity index (χ3v) is 9.87. The van der Waals surface area contributed by atoms with Crippen molar-refractivity contribution in [3.63, 3.8) is 0 Å². The van der Waals surface area contributed by atoms with Crippen LogP contribution in [0.1, 0.15) is 30.0 Å². The Labute approximate surface area is 214 Å². The molecule has 2 N–H and O–H groups in total. The standard InChI is InChI=1S/C27H25N4S.Pb/c1-18(2)15-25-29-17-24(32-25)26-22-16-21(28)13-14-23(22)31(30-26)27(19-9-5-3-6-10-19)20-11-7-4-8-12-20;/h3-14,16-18H,15,28H2,1-2H3;. The molecule has 0 bridgehead atoms. The van der Waals surface area contributed by atoms with Crippen LogP contribution in [0.5, 0.6) is 0 Å². The number of thiazole rings is 1. The molecule has 0 fully saturated rings. The summed E-state index contributed by atoms with van der Waals surface area (Å²) in [6, 6.07) is 27.5. The number of anilines is 1. The Kier molecular flexibility index (Phi) is 6.09. The zero-order valence-corrected chi connectivity index (χ0v) is 23.4. The number of hydrogen-bond donors (Lipinski definition) is 1. The first kappa shape index (κ1) is 22.3. The van der Waals surface area contributed by atoms with E-state index in [4.69, 9.17) is 15.8 Å². The molecule has 0 aliphatic heterocycles. The summed E-state index contributed by atoms with van der Waals surface area (Å²) in [4.78, 5) is 5.78. The molecule has 0 saturated carbocycles. The molecule has 5 rings (SSSR count). The van der Waals surface area contributed by atoms with Crippen LogP contribution in [0.15, 0.2) is 85.1 Å². The van der Waals surface area contributed by atoms with Crippen LogP contribution >= 0.6 is 11.3 Å². The summed E-state index contributed by atoms with van der Waals surface area (Å²) in [7, 11) is 0. The fourth-order valence-corrected chi connectivity index (χ4v) is 7.29. The molecule has 0 spiro atoms. The Morgan fingerprint density at radius 1 is 0.970 bits per heavy atom. The van der Waals surface area contributed by atoms with Crippen LogP contribution in [0.2, 0.25) is 0 Å². The van der Waals surface area contributed by atoms with E-state index in [1.54, 1.807) is 11.3 Å². The molecular formula is C27H25N4PbS. The topological polar surface area (TPSA) is 56.7 Å². The fourth-order valence-electron chi connectivity index (χ4n) is 4.21. The molecule has 0 saturated heterocycles. The van der Waals surface area contributed by atoms with Crippen molar-refractivity contribution < 1.29 is 0 Å². The first-order chi connectivity index (χ1) is 16.0. The molecule has 0 atom stereocenters. The van der Waals surface area contributed by atoms with E-state index in [0.29, 0.717) is 5.92 Å². The van der Waals surface area contributed by atoms with Crippen molar-refractivity contribution in [2.75, 3.05) is 5.73 Å². The molecule has 0 unspecified atom stereocenters. The maximum atomic E-state index is 6.24. The number of hydrogen-bond acceptors (Lipinski definition) is 4. The van der Waals surface area contributed by atoms with Gasteiger partial charge in [0.15, 0.2) is 0 Å². The summed E-state index contributed by atoms with van der Waals surface area (Å²) in [5.41, 5.74) is 11.5. The van der Waals surface area contributed by atoms with Gasteiger partial charge in [0.2, 0.25) is 0 Å². The van der Waals surface area contributed by atoms with E-state index in [0.717, 1.165) is 64.4 Å². The summed E-state index contributed by atoms with van der Waals surface area (Å²) in [6.45, 7) is 4.45. The van der Waals surface area contributed by atoms with Gasteiger partial charge in [-0.2, -0.15) is 0 Å². The van der Waals surface area contributed by atoms with E-state index in [9.17, 15) is 0 Å². The second-order valence-corrected chi connectivity index (χ2v) is 12.6. The van der Waals surface area contributed by atoms with Crippen LogP contribution in [-0.2, 0) is 9.52 Å². The van der Waals surface area contributed by atoms with Gasteiger partial charge in [-0.25, -0.2) is 0 Å². The van der Waals surface area contributed by atoms with Gasteiger partial charge in [0, 0.05) is 0 Å². The Balaban J connectivity index is 1.78. The predicted octanol–water partition coefficient (Wildman–Crippen LogP) is 5.86. The van der Waals surface area contributed by atoms with Crippen LogP contribution < -0.4 is 5.73 Å². The van der Waals surface area contributed by atoms with Gasteiger partial charge in [0.1, 0.15) is 0 Å². The minimum absolute atomic E-state index is 0.361. The van der Waals surface area contributed by atoms with Crippen LogP contribution in [0.4, 0.5) is 5.69 Å². The van der Waals surface area contributed by atoms with E-state index in [2.05, 4.69) is 85.3 Å². The second kappa shape index (κ2) is 9.02. The number of fused-ring (bicyclic) bond motifs is 1. The Morgan fingerprint density at radius 2 is 1.61 bits per heavy atom. The van der Waals surface area contributed by atoms with Gasteiger partial charge in [-0.1, -0.05) is 0 Å². The normalized spacial score (nSPS) is 12.0. The third kappa shape index (κ3) is 4.12. The number of aromatic nitrogens is 3. The molecule has 4 nitrogen and oxygen atoms in total. The van der Waals surface area contributed by atoms with Crippen molar-refractivity contribution >= 4 is 53.7 Å². The van der Waals surface area contributed by atoms with E-state index in [1.165, 1.54) is 11.1 Å². The number of nitrogens with two attached hydrogens (primary N) is 1. The first-order valence-electron chi connectivity index (χ1n) is 11.1. The molecule has 6 heteroatoms. The summed E-state index contributed by atoms with van der Waals surface area (Å²) in [5.74, 6) is 0.569. The van der Waals surface area contributed by atoms with Crippen LogP contribution in [0.25, 0.3) is 21.5 Å². The van der Waals surface area contributed by atoms with Gasteiger partial charge in [-0.3, -0.25) is 0 Å². The van der Waals surface area contributed by atoms with Gasteiger partial charge in [-0.05, 0) is 0 Å². The molecule has 0 aliphatic carbocycles. The summed E-state index contributed by atoms with van der Waals surface area (Å²) < 4.78 is 1.86. The minimum atomic E-state index is -0.361. The van der Waals surface area contributed by atoms with Crippen molar-refractivity contribution in [3.05, 3.63) is 101 Å². The molecule has 0 aliphatic rings. The quantitative estimate of drug-likeness (QED) is 0.186. The van der Waals surface area contributed by atoms with Crippen molar-refractivity contribution in [2.24, 2.45) is 5.92 Å². The molecular weight excluding hydrogens is 620 g/mol. The van der Waals surface area contributed by atoms with E-state index >= 15 is 0 Å². The van der Waals surface area contributed by atoms with Crippen molar-refractivity contribution in [1.29, 1.82) is 0 Å². The van der Waals surface area contributed by atoms with Gasteiger partial charge in [0.05, 0.1) is 0 Å². The second-order valence-electron chi connectivity index (χ2n) is 8.70. The number of rotatable bonds is 6. The summed E-state index contributed by atoms with van der Waals surface area (Å²) >= 11 is 2.57. The summed E-state index contributed by atoms with van der Waals surface area (Å²) in [6.07, 6.45) is 2.95. The molecule has 2 aromatic heterocycles. The Hall–Kier alpha value is -2.52. The molecule has 3 aromatic carbocycles. The Morgan fingerprint density at radius 3 is 2.21 bits per heavy atom. The molecule has 3 radical (unpaired) electrons. The summed E-state index contributed by atoms with van der Waals surface area (Å²) in [5, 5.41) is 7.50. The Bertz CT molecular complexity index is 1350. The average Bonchev–Trinajstić information content (AvgIpc) is 3.43. The van der Waals surface area contributed by atoms with Crippen LogP contribution in [0.3, 0.4) is 0 Å². The van der Waals surface area contributed by atoms with Gasteiger partial charge < -0.3 is 0 Å². The molecule has 0 amide bonds. The van der Waals surface area contributed by atoms with Gasteiger partial charge in [0.25, 0.3) is 0 Å². The van der Waals surface area contributed by atoms with Gasteiger partial charge >= 0.3 is 215 Å². The third-order valence-electron chi connectivity index (χ3n) is 5.77. The fraction of sp³-hybridized carbons (Fsp3) is 0.185. The number of nitrogen functional groups attached to an aromatic ring is 1. The van der Waals surface area contributed by atoms with Crippen LogP contribution in [-0.4, -0.2) is 40.5 Å². The SMILES string of the molecule is CC(C)Cc1ncc(-c2nn([C]([Pb])(c3ccccc3)c3ccccc3)c3ccc(N)cc23)s1. The van der Waals surface area contributed by atoms with Crippen LogP contribution in [0, 0.1) is 5.92 Å². The molecule has 5 aromatic rings. The van der Waals surface area contributed by atoms with Crippen molar-refractivity contribution in [1.82, 2.24) is 14.8 Å². The van der Waals surface area contributed by atoms with Crippen molar-refractivity contribution in [3.8, 4) is 10.6 Å². The monoisotopic (exact) mass is 645 g/mol. The van der Waals surface area contributed by atoms with Crippen molar-refractivity contribution in [2.45, 2.75) is 23.4 Å². The molecule has 33 heavy (non-hydrogen) atoms. The van der Waals surface area contributed by atoms with E-state index in [-0.39, 0.29) is 3.10 Å².